The summed E-state index contributed by atoms with van der Waals surface area (Å²) in [7, 11) is 0. The molecule has 0 aliphatic rings. The standard InChI is InChI=1S/C80H90N2/c1-74(2,3)53-30-22-49(23-31-53)63-47-59(80(19,20)21)48-64(50-24-32-54(33-25-50)75(4,5)6)73(63)81(60-43-57(78(13,14)15)42-58(44-60)79(16,17)18)67-38-28-51-27-37-62-68(39-29-52-26-36-61(67)71(51)72(52)62)82-69-40-34-55(76(7,8)9)45-65(69)66-46-56(77(10,11)12)35-41-70(66)82/h22-48H,1-21H3. The number of fused-ring (bicyclic) bond motifs is 3. The molecule has 0 radical (unpaired) electrons. The molecule has 82 heavy (non-hydrogen) atoms. The van der Waals surface area contributed by atoms with Crippen molar-refractivity contribution in [1.82, 2.24) is 4.57 Å². The third-order valence-corrected chi connectivity index (χ3v) is 17.8. The van der Waals surface area contributed by atoms with Crippen molar-refractivity contribution in [3.8, 4) is 27.9 Å². The van der Waals surface area contributed by atoms with Crippen LogP contribution in [-0.2, 0) is 37.9 Å². The maximum absolute atomic E-state index is 2.68. The molecule has 0 unspecified atom stereocenters. The molecule has 0 aliphatic heterocycles. The Balaban J connectivity index is 1.28. The summed E-state index contributed by atoms with van der Waals surface area (Å²) >= 11 is 0. The smallest absolute Gasteiger partial charge is 0.0618 e. The van der Waals surface area contributed by atoms with Gasteiger partial charge in [-0.05, 0) is 170 Å². The lowest BCUT2D eigenvalue weighted by Crippen LogP contribution is -2.20. The summed E-state index contributed by atoms with van der Waals surface area (Å²) < 4.78 is 2.56. The normalized spacial score (nSPS) is 13.4. The van der Waals surface area contributed by atoms with Crippen LogP contribution in [0.4, 0.5) is 17.1 Å². The molecule has 0 atom stereocenters. The topological polar surface area (TPSA) is 8.17 Å². The van der Waals surface area contributed by atoms with E-state index in [0.29, 0.717) is 0 Å². The summed E-state index contributed by atoms with van der Waals surface area (Å²) in [4.78, 5) is 2.68. The second-order valence-electron chi connectivity index (χ2n) is 31.3. The van der Waals surface area contributed by atoms with E-state index >= 15 is 0 Å². The third kappa shape index (κ3) is 10.1. The van der Waals surface area contributed by atoms with Gasteiger partial charge in [-0.3, -0.25) is 0 Å². The molecule has 420 valence electrons. The molecule has 0 aliphatic carbocycles. The van der Waals surface area contributed by atoms with Crippen molar-refractivity contribution < 1.29 is 0 Å². The highest BCUT2D eigenvalue weighted by Gasteiger charge is 2.32. The van der Waals surface area contributed by atoms with Crippen LogP contribution in [0, 0.1) is 0 Å². The Morgan fingerprint density at radius 1 is 0.280 bits per heavy atom. The Morgan fingerprint density at radius 3 is 1.05 bits per heavy atom. The quantitative estimate of drug-likeness (QED) is 0.151. The predicted octanol–water partition coefficient (Wildman–Crippen LogP) is 23.6. The number of rotatable bonds is 6. The van der Waals surface area contributed by atoms with Gasteiger partial charge in [-0.2, -0.15) is 0 Å². The first-order chi connectivity index (χ1) is 38.1. The maximum Gasteiger partial charge on any atom is 0.0618 e. The van der Waals surface area contributed by atoms with E-state index in [1.165, 1.54) is 127 Å². The van der Waals surface area contributed by atoms with Gasteiger partial charge < -0.3 is 9.47 Å². The fourth-order valence-corrected chi connectivity index (χ4v) is 12.4. The highest BCUT2D eigenvalue weighted by atomic mass is 15.2. The molecule has 0 fully saturated rings. The zero-order chi connectivity index (χ0) is 59.2. The van der Waals surface area contributed by atoms with E-state index in [2.05, 4.69) is 319 Å². The van der Waals surface area contributed by atoms with Crippen molar-refractivity contribution in [1.29, 1.82) is 0 Å². The Hall–Kier alpha value is -7.16. The van der Waals surface area contributed by atoms with Crippen LogP contribution in [0.5, 0.6) is 0 Å². The van der Waals surface area contributed by atoms with Crippen LogP contribution in [0.2, 0.25) is 0 Å². The Kier molecular flexibility index (Phi) is 13.3. The number of hydrogen-bond donors (Lipinski definition) is 0. The molecule has 10 aromatic carbocycles. The first-order valence-corrected chi connectivity index (χ1v) is 30.2. The highest BCUT2D eigenvalue weighted by molar-refractivity contribution is 6.28. The summed E-state index contributed by atoms with van der Waals surface area (Å²) in [6.07, 6.45) is 0. The lowest BCUT2D eigenvalue weighted by Gasteiger charge is -2.35. The summed E-state index contributed by atoms with van der Waals surface area (Å²) in [5.41, 5.74) is 20.9. The van der Waals surface area contributed by atoms with Crippen LogP contribution in [0.25, 0.3) is 82.1 Å². The highest BCUT2D eigenvalue weighted by Crippen LogP contribution is 2.53. The minimum atomic E-state index is -0.139. The van der Waals surface area contributed by atoms with Crippen LogP contribution < -0.4 is 4.90 Å². The number of nitrogens with zero attached hydrogens (tertiary/aromatic N) is 2. The van der Waals surface area contributed by atoms with E-state index < -0.39 is 0 Å². The van der Waals surface area contributed by atoms with Gasteiger partial charge in [0.1, 0.15) is 0 Å². The van der Waals surface area contributed by atoms with Crippen LogP contribution >= 0.6 is 0 Å². The summed E-state index contributed by atoms with van der Waals surface area (Å²) in [5, 5.41) is 10.1. The summed E-state index contributed by atoms with van der Waals surface area (Å²) in [5.74, 6) is 0. The molecule has 1 aromatic heterocycles. The number of hydrogen-bond acceptors (Lipinski definition) is 1. The molecular formula is C80H90N2. The Labute approximate surface area is 492 Å². The Bertz CT molecular complexity index is 4070. The summed E-state index contributed by atoms with van der Waals surface area (Å²) in [6.45, 7) is 49.1. The zero-order valence-corrected chi connectivity index (χ0v) is 53.5. The predicted molar refractivity (Wildman–Crippen MR) is 361 cm³/mol. The van der Waals surface area contributed by atoms with Crippen molar-refractivity contribution in [2.24, 2.45) is 0 Å². The lowest BCUT2D eigenvalue weighted by molar-refractivity contribution is 0.568. The molecule has 2 heteroatoms. The fourth-order valence-electron chi connectivity index (χ4n) is 12.4. The monoisotopic (exact) mass is 1080 g/mol. The van der Waals surface area contributed by atoms with Gasteiger partial charge in [0.15, 0.2) is 0 Å². The molecule has 11 aromatic rings. The van der Waals surface area contributed by atoms with Crippen molar-refractivity contribution in [2.75, 3.05) is 4.90 Å². The van der Waals surface area contributed by atoms with E-state index in [1.54, 1.807) is 0 Å². The maximum atomic E-state index is 2.68. The molecular weight excluding hydrogens is 989 g/mol. The number of benzene rings is 10. The molecule has 0 spiro atoms. The first-order valence-electron chi connectivity index (χ1n) is 30.2. The van der Waals surface area contributed by atoms with Crippen molar-refractivity contribution in [3.05, 3.63) is 203 Å². The van der Waals surface area contributed by atoms with E-state index in [0.717, 1.165) is 11.4 Å². The molecule has 2 nitrogen and oxygen atoms in total. The SMILES string of the molecule is CC(C)(C)c1ccc(-c2cc(C(C)(C)C)cc(-c3ccc(C(C)(C)C)cc3)c2N(c2cc(C(C)(C)C)cc(C(C)(C)C)c2)c2ccc3ccc4c(-n5c6ccc(C(C)(C)C)cc6c6cc(C(C)(C)C)ccc65)ccc5ccc2c3c54)cc1. The van der Waals surface area contributed by atoms with Gasteiger partial charge in [-0.1, -0.05) is 249 Å². The van der Waals surface area contributed by atoms with Crippen molar-refractivity contribution in [3.63, 3.8) is 0 Å². The number of aromatic nitrogens is 1. The van der Waals surface area contributed by atoms with Crippen LogP contribution in [-0.4, -0.2) is 4.57 Å². The van der Waals surface area contributed by atoms with E-state index in [1.807, 2.05) is 0 Å². The average molecular weight is 1080 g/mol. The first kappa shape index (κ1) is 56.7. The molecule has 0 amide bonds. The van der Waals surface area contributed by atoms with Crippen LogP contribution in [0.1, 0.15) is 184 Å². The van der Waals surface area contributed by atoms with Crippen molar-refractivity contribution >= 4 is 71.2 Å². The lowest BCUT2D eigenvalue weighted by atomic mass is 9.79. The molecule has 0 bridgehead atoms. The second-order valence-corrected chi connectivity index (χ2v) is 31.3. The molecule has 11 rings (SSSR count). The van der Waals surface area contributed by atoms with E-state index in [4.69, 9.17) is 0 Å². The van der Waals surface area contributed by atoms with Crippen LogP contribution in [0.3, 0.4) is 0 Å². The average Bonchev–Trinajstić information content (AvgIpc) is 1.42. The fraction of sp³-hybridized carbons (Fsp3) is 0.350. The number of anilines is 3. The van der Waals surface area contributed by atoms with Gasteiger partial charge in [-0.25, -0.2) is 0 Å². The second kappa shape index (κ2) is 19.2. The molecule has 0 saturated carbocycles. The Morgan fingerprint density at radius 2 is 0.634 bits per heavy atom. The van der Waals surface area contributed by atoms with Crippen molar-refractivity contribution in [2.45, 2.75) is 183 Å². The van der Waals surface area contributed by atoms with Gasteiger partial charge in [0.05, 0.1) is 28.1 Å². The minimum absolute atomic E-state index is 0.00603. The van der Waals surface area contributed by atoms with Crippen LogP contribution in [0.15, 0.2) is 164 Å². The molecule has 0 saturated heterocycles. The van der Waals surface area contributed by atoms with E-state index in [9.17, 15) is 0 Å². The van der Waals surface area contributed by atoms with Gasteiger partial charge in [0, 0.05) is 38.4 Å². The van der Waals surface area contributed by atoms with E-state index in [-0.39, 0.29) is 37.9 Å². The summed E-state index contributed by atoms with van der Waals surface area (Å²) in [6, 6.07) is 65.1. The molecule has 1 heterocycles. The zero-order valence-electron chi connectivity index (χ0n) is 53.5. The largest absolute Gasteiger partial charge is 0.309 e. The van der Waals surface area contributed by atoms with Gasteiger partial charge in [0.25, 0.3) is 0 Å². The van der Waals surface area contributed by atoms with Gasteiger partial charge >= 0.3 is 0 Å². The minimum Gasteiger partial charge on any atom is -0.309 e. The molecule has 0 N–H and O–H groups in total. The van der Waals surface area contributed by atoms with Gasteiger partial charge in [-0.15, -0.1) is 0 Å². The van der Waals surface area contributed by atoms with Gasteiger partial charge in [0.2, 0.25) is 0 Å². The third-order valence-electron chi connectivity index (χ3n) is 17.8.